The lowest BCUT2D eigenvalue weighted by Gasteiger charge is -2.17. The minimum atomic E-state index is -0.364. The second-order valence-corrected chi connectivity index (χ2v) is 7.39. The molecule has 1 N–H and O–H groups in total. The fourth-order valence-electron chi connectivity index (χ4n) is 3.74. The number of carbonyl (C=O) groups excluding carboxylic acids is 3. The molecule has 0 saturated carbocycles. The lowest BCUT2D eigenvalue weighted by molar-refractivity contribution is 0.0475. The molecule has 2 aliphatic heterocycles. The van der Waals surface area contributed by atoms with Crippen molar-refractivity contribution in [2.75, 3.05) is 18.5 Å². The van der Waals surface area contributed by atoms with Crippen LogP contribution >= 0.6 is 0 Å². The number of carbonyl (C=O) groups is 3. The predicted octanol–water partition coefficient (Wildman–Crippen LogP) is 3.33. The van der Waals surface area contributed by atoms with Gasteiger partial charge in [-0.15, -0.1) is 0 Å². The van der Waals surface area contributed by atoms with E-state index in [0.717, 1.165) is 29.7 Å². The predicted molar refractivity (Wildman–Crippen MR) is 105 cm³/mol. The smallest absolute Gasteiger partial charge is 0.261 e. The Kier molecular flexibility index (Phi) is 4.73. The van der Waals surface area contributed by atoms with Crippen LogP contribution in [0.3, 0.4) is 0 Å². The van der Waals surface area contributed by atoms with Gasteiger partial charge in [-0.1, -0.05) is 17.7 Å². The van der Waals surface area contributed by atoms with Crippen LogP contribution in [0, 0.1) is 13.8 Å². The minimum Gasteiger partial charge on any atom is -0.376 e. The molecule has 28 heavy (non-hydrogen) atoms. The van der Waals surface area contributed by atoms with E-state index in [2.05, 4.69) is 5.32 Å². The Balaban J connectivity index is 1.54. The minimum absolute atomic E-state index is 0.102. The van der Waals surface area contributed by atoms with Gasteiger partial charge < -0.3 is 10.1 Å². The van der Waals surface area contributed by atoms with Crippen LogP contribution in [0.4, 0.5) is 5.69 Å². The van der Waals surface area contributed by atoms with E-state index in [4.69, 9.17) is 4.74 Å². The summed E-state index contributed by atoms with van der Waals surface area (Å²) in [4.78, 5) is 39.2. The van der Waals surface area contributed by atoms with Gasteiger partial charge in [-0.25, -0.2) is 0 Å². The molecule has 3 amide bonds. The third kappa shape index (κ3) is 3.31. The molecular weight excluding hydrogens is 356 g/mol. The second-order valence-electron chi connectivity index (χ2n) is 7.39. The Morgan fingerprint density at radius 3 is 2.61 bits per heavy atom. The Labute approximate surface area is 163 Å². The average molecular weight is 378 g/mol. The largest absolute Gasteiger partial charge is 0.376 e. The summed E-state index contributed by atoms with van der Waals surface area (Å²) in [5, 5.41) is 2.87. The highest BCUT2D eigenvalue weighted by Gasteiger charge is 2.37. The molecule has 0 bridgehead atoms. The molecule has 1 saturated heterocycles. The molecule has 1 atom stereocenters. The first kappa shape index (κ1) is 18.4. The van der Waals surface area contributed by atoms with Crippen molar-refractivity contribution in [3.63, 3.8) is 0 Å². The van der Waals surface area contributed by atoms with Crippen LogP contribution < -0.4 is 5.32 Å². The quantitative estimate of drug-likeness (QED) is 0.828. The first-order valence-electron chi connectivity index (χ1n) is 9.44. The highest BCUT2D eigenvalue weighted by atomic mass is 16.5. The molecule has 1 unspecified atom stereocenters. The van der Waals surface area contributed by atoms with E-state index in [1.165, 1.54) is 11.0 Å². The third-order valence-corrected chi connectivity index (χ3v) is 5.27. The summed E-state index contributed by atoms with van der Waals surface area (Å²) >= 11 is 0. The number of nitrogens with zero attached hydrogens (tertiary/aromatic N) is 1. The van der Waals surface area contributed by atoms with Crippen LogP contribution in [0.5, 0.6) is 0 Å². The first-order chi connectivity index (χ1) is 13.4. The molecular formula is C22H22N2O4. The van der Waals surface area contributed by atoms with Gasteiger partial charge in [-0.2, -0.15) is 0 Å². The Morgan fingerprint density at radius 2 is 1.89 bits per heavy atom. The van der Waals surface area contributed by atoms with Crippen LogP contribution in [0.15, 0.2) is 36.4 Å². The van der Waals surface area contributed by atoms with Gasteiger partial charge in [0.1, 0.15) is 0 Å². The topological polar surface area (TPSA) is 75.7 Å². The molecule has 4 rings (SSSR count). The van der Waals surface area contributed by atoms with E-state index >= 15 is 0 Å². The zero-order valence-corrected chi connectivity index (χ0v) is 16.0. The van der Waals surface area contributed by atoms with Crippen molar-refractivity contribution < 1.29 is 19.1 Å². The number of hydrogen-bond donors (Lipinski definition) is 1. The number of anilines is 1. The number of imide groups is 1. The molecule has 0 aromatic heterocycles. The summed E-state index contributed by atoms with van der Waals surface area (Å²) in [6.07, 6.45) is 1.68. The number of ether oxygens (including phenoxy) is 1. The number of amides is 3. The number of fused-ring (bicyclic) bond motifs is 1. The van der Waals surface area contributed by atoms with Gasteiger partial charge in [0.15, 0.2) is 0 Å². The van der Waals surface area contributed by atoms with Crippen molar-refractivity contribution in [2.45, 2.75) is 32.8 Å². The van der Waals surface area contributed by atoms with Crippen molar-refractivity contribution in [3.05, 3.63) is 64.2 Å². The van der Waals surface area contributed by atoms with E-state index < -0.39 is 0 Å². The van der Waals surface area contributed by atoms with Gasteiger partial charge in [0, 0.05) is 17.9 Å². The summed E-state index contributed by atoms with van der Waals surface area (Å²) in [6, 6.07) is 10.4. The maximum Gasteiger partial charge on any atom is 0.261 e. The highest BCUT2D eigenvalue weighted by Crippen LogP contribution is 2.26. The number of benzene rings is 2. The molecule has 2 aromatic carbocycles. The van der Waals surface area contributed by atoms with Crippen LogP contribution in [-0.2, 0) is 4.74 Å². The molecule has 0 aliphatic carbocycles. The summed E-state index contributed by atoms with van der Waals surface area (Å²) < 4.78 is 5.55. The summed E-state index contributed by atoms with van der Waals surface area (Å²) in [6.45, 7) is 4.84. The van der Waals surface area contributed by atoms with Gasteiger partial charge in [0.25, 0.3) is 17.7 Å². The Bertz CT molecular complexity index is 976. The molecule has 1 fully saturated rings. The lowest BCUT2D eigenvalue weighted by atomic mass is 10.0. The van der Waals surface area contributed by atoms with Gasteiger partial charge >= 0.3 is 0 Å². The molecule has 6 nitrogen and oxygen atoms in total. The monoisotopic (exact) mass is 378 g/mol. The van der Waals surface area contributed by atoms with E-state index in [-0.39, 0.29) is 35.9 Å². The zero-order valence-electron chi connectivity index (χ0n) is 16.0. The van der Waals surface area contributed by atoms with E-state index in [0.29, 0.717) is 17.7 Å². The molecule has 2 aliphatic rings. The number of aryl methyl sites for hydroxylation is 2. The molecule has 2 heterocycles. The SMILES string of the molecule is Cc1ccc(NC(=O)c2ccc3c(c2)C(=O)N(CC2CCCO2)C3=O)c(C)c1. The third-order valence-electron chi connectivity index (χ3n) is 5.27. The Morgan fingerprint density at radius 1 is 1.11 bits per heavy atom. The van der Waals surface area contributed by atoms with Gasteiger partial charge in [0.05, 0.1) is 23.8 Å². The lowest BCUT2D eigenvalue weighted by Crippen LogP contribution is -2.36. The van der Waals surface area contributed by atoms with Gasteiger partial charge in [0.2, 0.25) is 0 Å². The molecule has 0 radical (unpaired) electrons. The standard InChI is InChI=1S/C22H22N2O4/c1-13-5-8-19(14(2)10-13)23-20(25)15-6-7-17-18(11-15)22(27)24(21(17)26)12-16-4-3-9-28-16/h5-8,10-11,16H,3-4,9,12H2,1-2H3,(H,23,25). The molecule has 144 valence electrons. The van der Waals surface area contributed by atoms with E-state index in [1.54, 1.807) is 12.1 Å². The molecule has 2 aromatic rings. The molecule has 6 heteroatoms. The summed E-state index contributed by atoms with van der Waals surface area (Å²) in [5.74, 6) is -0.999. The van der Waals surface area contributed by atoms with Crippen molar-refractivity contribution >= 4 is 23.4 Å². The fourth-order valence-corrected chi connectivity index (χ4v) is 3.74. The van der Waals surface area contributed by atoms with Crippen molar-refractivity contribution in [3.8, 4) is 0 Å². The van der Waals surface area contributed by atoms with E-state index in [9.17, 15) is 14.4 Å². The van der Waals surface area contributed by atoms with Crippen molar-refractivity contribution in [2.24, 2.45) is 0 Å². The number of hydrogen-bond acceptors (Lipinski definition) is 4. The Hall–Kier alpha value is -2.99. The highest BCUT2D eigenvalue weighted by molar-refractivity contribution is 6.22. The van der Waals surface area contributed by atoms with Crippen LogP contribution in [-0.4, -0.2) is 41.9 Å². The van der Waals surface area contributed by atoms with E-state index in [1.807, 2.05) is 32.0 Å². The van der Waals surface area contributed by atoms with Crippen molar-refractivity contribution in [1.82, 2.24) is 4.90 Å². The normalized spacial score (nSPS) is 18.5. The van der Waals surface area contributed by atoms with Crippen LogP contribution in [0.25, 0.3) is 0 Å². The number of nitrogens with one attached hydrogen (secondary N) is 1. The maximum atomic E-state index is 12.7. The summed E-state index contributed by atoms with van der Waals surface area (Å²) in [7, 11) is 0. The first-order valence-corrected chi connectivity index (χ1v) is 9.44. The van der Waals surface area contributed by atoms with Crippen LogP contribution in [0.1, 0.15) is 55.0 Å². The fraction of sp³-hybridized carbons (Fsp3) is 0.318. The maximum absolute atomic E-state index is 12.7. The molecule has 0 spiro atoms. The second kappa shape index (κ2) is 7.20. The van der Waals surface area contributed by atoms with Crippen LogP contribution in [0.2, 0.25) is 0 Å². The summed E-state index contributed by atoms with van der Waals surface area (Å²) in [5.41, 5.74) is 3.76. The van der Waals surface area contributed by atoms with Gasteiger partial charge in [-0.3, -0.25) is 19.3 Å². The van der Waals surface area contributed by atoms with Gasteiger partial charge in [-0.05, 0) is 56.5 Å². The number of rotatable bonds is 4. The average Bonchev–Trinajstić information content (AvgIpc) is 3.27. The van der Waals surface area contributed by atoms with Crippen molar-refractivity contribution in [1.29, 1.82) is 0 Å². The zero-order chi connectivity index (χ0) is 19.8.